The predicted octanol–water partition coefficient (Wildman–Crippen LogP) is 3.47. The minimum atomic E-state index is 0.285. The van der Waals surface area contributed by atoms with Crippen LogP contribution in [0.4, 0.5) is 0 Å². The number of benzene rings is 1. The van der Waals surface area contributed by atoms with E-state index in [2.05, 4.69) is 17.1 Å². The van der Waals surface area contributed by atoms with Gasteiger partial charge < -0.3 is 9.84 Å². The highest BCUT2D eigenvalue weighted by atomic mass is 16.5. The number of hydrogen-bond acceptors (Lipinski definition) is 3. The Labute approximate surface area is 114 Å². The summed E-state index contributed by atoms with van der Waals surface area (Å²) in [6, 6.07) is 10.1. The highest BCUT2D eigenvalue weighted by Crippen LogP contribution is 2.24. The van der Waals surface area contributed by atoms with E-state index in [-0.39, 0.29) is 6.61 Å². The first-order valence-corrected chi connectivity index (χ1v) is 6.91. The van der Waals surface area contributed by atoms with Crippen LogP contribution in [0.15, 0.2) is 30.3 Å². The molecule has 0 radical (unpaired) electrons. The monoisotopic (exact) mass is 259 g/mol. The summed E-state index contributed by atoms with van der Waals surface area (Å²) in [7, 11) is 0. The van der Waals surface area contributed by atoms with Crippen LogP contribution in [0.5, 0.6) is 5.75 Å². The van der Waals surface area contributed by atoms with Crippen molar-refractivity contribution in [3.63, 3.8) is 0 Å². The lowest BCUT2D eigenvalue weighted by Crippen LogP contribution is -1.99. The maximum atomic E-state index is 8.71. The fourth-order valence-electron chi connectivity index (χ4n) is 2.08. The van der Waals surface area contributed by atoms with Gasteiger partial charge in [0.15, 0.2) is 0 Å². The molecule has 0 fully saturated rings. The molecule has 0 saturated carbocycles. The molecule has 1 aromatic heterocycles. The van der Waals surface area contributed by atoms with E-state index in [0.29, 0.717) is 6.61 Å². The molecule has 0 unspecified atom stereocenters. The average molecular weight is 259 g/mol. The van der Waals surface area contributed by atoms with Crippen LogP contribution in [0.3, 0.4) is 0 Å². The summed E-state index contributed by atoms with van der Waals surface area (Å²) in [5.74, 6) is 0.864. The summed E-state index contributed by atoms with van der Waals surface area (Å²) in [4.78, 5) is 4.55. The number of fused-ring (bicyclic) bond motifs is 1. The first-order valence-electron chi connectivity index (χ1n) is 6.91. The molecular weight excluding hydrogens is 238 g/mol. The van der Waals surface area contributed by atoms with Crippen LogP contribution < -0.4 is 4.74 Å². The number of aliphatic hydroxyl groups excluding tert-OH is 1. The number of ether oxygens (including phenoxy) is 1. The summed E-state index contributed by atoms with van der Waals surface area (Å²) in [6.45, 7) is 2.98. The Hall–Kier alpha value is -1.61. The van der Waals surface area contributed by atoms with E-state index < -0.39 is 0 Å². The van der Waals surface area contributed by atoms with Crippen molar-refractivity contribution < 1.29 is 9.84 Å². The molecule has 19 heavy (non-hydrogen) atoms. The molecule has 102 valence electrons. The van der Waals surface area contributed by atoms with E-state index in [1.165, 1.54) is 0 Å². The zero-order valence-electron chi connectivity index (χ0n) is 11.4. The molecule has 0 atom stereocenters. The first kappa shape index (κ1) is 13.8. The molecule has 2 aromatic rings. The molecule has 2 rings (SSSR count). The Morgan fingerprint density at radius 2 is 1.89 bits per heavy atom. The Bertz CT molecular complexity index is 525. The van der Waals surface area contributed by atoms with Crippen molar-refractivity contribution in [1.29, 1.82) is 0 Å². The molecule has 0 aliphatic carbocycles. The number of hydrogen-bond donors (Lipinski definition) is 1. The van der Waals surface area contributed by atoms with Gasteiger partial charge in [-0.05, 0) is 38.3 Å². The van der Waals surface area contributed by atoms with Crippen molar-refractivity contribution in [3.05, 3.63) is 36.0 Å². The van der Waals surface area contributed by atoms with Crippen LogP contribution in [0.2, 0.25) is 0 Å². The van der Waals surface area contributed by atoms with E-state index in [4.69, 9.17) is 9.84 Å². The van der Waals surface area contributed by atoms with Gasteiger partial charge in [0.1, 0.15) is 11.3 Å². The Balaban J connectivity index is 1.95. The predicted molar refractivity (Wildman–Crippen MR) is 77.5 cm³/mol. The lowest BCUT2D eigenvalue weighted by atomic mass is 10.2. The van der Waals surface area contributed by atoms with Gasteiger partial charge in [-0.3, -0.25) is 0 Å². The standard InChI is InChI=1S/C16H21NO2/c1-13-9-10-14-7-6-8-15(16(14)17-13)19-12-5-3-2-4-11-18/h6-10,18H,2-5,11-12H2,1H3. The molecule has 0 bridgehead atoms. The fraction of sp³-hybridized carbons (Fsp3) is 0.438. The van der Waals surface area contributed by atoms with Gasteiger partial charge in [0.25, 0.3) is 0 Å². The van der Waals surface area contributed by atoms with Crippen molar-refractivity contribution in [1.82, 2.24) is 4.98 Å². The van der Waals surface area contributed by atoms with E-state index in [1.54, 1.807) is 0 Å². The van der Waals surface area contributed by atoms with Crippen molar-refractivity contribution in [2.24, 2.45) is 0 Å². The van der Waals surface area contributed by atoms with Gasteiger partial charge in [-0.25, -0.2) is 4.98 Å². The second-order valence-electron chi connectivity index (χ2n) is 4.77. The second kappa shape index (κ2) is 7.10. The Morgan fingerprint density at radius 3 is 2.74 bits per heavy atom. The topological polar surface area (TPSA) is 42.4 Å². The normalized spacial score (nSPS) is 10.8. The lowest BCUT2D eigenvalue weighted by molar-refractivity contribution is 0.274. The third-order valence-corrected chi connectivity index (χ3v) is 3.13. The molecule has 3 nitrogen and oxygen atoms in total. The quantitative estimate of drug-likeness (QED) is 0.774. The highest BCUT2D eigenvalue weighted by Gasteiger charge is 2.03. The molecule has 0 amide bonds. The van der Waals surface area contributed by atoms with Crippen molar-refractivity contribution in [2.75, 3.05) is 13.2 Å². The smallest absolute Gasteiger partial charge is 0.145 e. The number of nitrogens with zero attached hydrogens (tertiary/aromatic N) is 1. The van der Waals surface area contributed by atoms with Gasteiger partial charge in [-0.15, -0.1) is 0 Å². The van der Waals surface area contributed by atoms with Crippen LogP contribution in [-0.4, -0.2) is 23.3 Å². The number of aliphatic hydroxyl groups is 1. The molecular formula is C16H21NO2. The zero-order chi connectivity index (χ0) is 13.5. The number of aromatic nitrogens is 1. The number of pyridine rings is 1. The summed E-state index contributed by atoms with van der Waals surface area (Å²) in [5, 5.41) is 9.82. The van der Waals surface area contributed by atoms with Crippen LogP contribution >= 0.6 is 0 Å². The molecule has 1 aromatic carbocycles. The average Bonchev–Trinajstić information content (AvgIpc) is 2.43. The summed E-state index contributed by atoms with van der Waals surface area (Å²) in [5.41, 5.74) is 1.95. The van der Waals surface area contributed by atoms with Crippen LogP contribution in [0.25, 0.3) is 10.9 Å². The van der Waals surface area contributed by atoms with Crippen molar-refractivity contribution in [2.45, 2.75) is 32.6 Å². The van der Waals surface area contributed by atoms with E-state index in [0.717, 1.165) is 48.0 Å². The van der Waals surface area contributed by atoms with Crippen LogP contribution in [0, 0.1) is 6.92 Å². The van der Waals surface area contributed by atoms with Crippen LogP contribution in [0.1, 0.15) is 31.4 Å². The van der Waals surface area contributed by atoms with Gasteiger partial charge in [0, 0.05) is 17.7 Å². The van der Waals surface area contributed by atoms with Gasteiger partial charge in [-0.1, -0.05) is 24.6 Å². The molecule has 3 heteroatoms. The first-order chi connectivity index (χ1) is 9.31. The minimum Gasteiger partial charge on any atom is -0.491 e. The summed E-state index contributed by atoms with van der Waals surface area (Å²) in [6.07, 6.45) is 4.06. The van der Waals surface area contributed by atoms with Crippen molar-refractivity contribution in [3.8, 4) is 5.75 Å². The lowest BCUT2D eigenvalue weighted by Gasteiger charge is -2.09. The molecule has 0 aliphatic heterocycles. The molecule has 0 saturated heterocycles. The van der Waals surface area contributed by atoms with Gasteiger partial charge >= 0.3 is 0 Å². The maximum Gasteiger partial charge on any atom is 0.145 e. The molecule has 1 heterocycles. The zero-order valence-corrected chi connectivity index (χ0v) is 11.4. The molecule has 0 spiro atoms. The number of rotatable bonds is 7. The largest absolute Gasteiger partial charge is 0.491 e. The van der Waals surface area contributed by atoms with Gasteiger partial charge in [-0.2, -0.15) is 0 Å². The van der Waals surface area contributed by atoms with E-state index in [1.807, 2.05) is 25.1 Å². The SMILES string of the molecule is Cc1ccc2cccc(OCCCCCCO)c2n1. The number of aryl methyl sites for hydroxylation is 1. The second-order valence-corrected chi connectivity index (χ2v) is 4.77. The minimum absolute atomic E-state index is 0.285. The molecule has 1 N–H and O–H groups in total. The van der Waals surface area contributed by atoms with Crippen molar-refractivity contribution >= 4 is 10.9 Å². The van der Waals surface area contributed by atoms with E-state index >= 15 is 0 Å². The van der Waals surface area contributed by atoms with Crippen LogP contribution in [-0.2, 0) is 0 Å². The highest BCUT2D eigenvalue weighted by molar-refractivity contribution is 5.84. The fourth-order valence-corrected chi connectivity index (χ4v) is 2.08. The summed E-state index contributed by atoms with van der Waals surface area (Å²) < 4.78 is 5.83. The maximum absolute atomic E-state index is 8.71. The van der Waals surface area contributed by atoms with Gasteiger partial charge in [0.2, 0.25) is 0 Å². The number of unbranched alkanes of at least 4 members (excludes halogenated alkanes) is 3. The van der Waals surface area contributed by atoms with E-state index in [9.17, 15) is 0 Å². The van der Waals surface area contributed by atoms with Gasteiger partial charge in [0.05, 0.1) is 6.61 Å². The third-order valence-electron chi connectivity index (χ3n) is 3.13. The third kappa shape index (κ3) is 3.93. The Kier molecular flexibility index (Phi) is 5.16. The Morgan fingerprint density at radius 1 is 1.05 bits per heavy atom. The molecule has 0 aliphatic rings. The summed E-state index contributed by atoms with van der Waals surface area (Å²) >= 11 is 0. The number of para-hydroxylation sites is 1.